The smallest absolute Gasteiger partial charge is 0.241 e. The summed E-state index contributed by atoms with van der Waals surface area (Å²) in [6.07, 6.45) is 1.05. The number of benzene rings is 1. The van der Waals surface area contributed by atoms with Crippen LogP contribution in [0.2, 0.25) is 0 Å². The Labute approximate surface area is 126 Å². The van der Waals surface area contributed by atoms with E-state index in [2.05, 4.69) is 10.3 Å². The highest BCUT2D eigenvalue weighted by molar-refractivity contribution is 7.88. The van der Waals surface area contributed by atoms with Crippen molar-refractivity contribution in [1.29, 1.82) is 0 Å². The van der Waals surface area contributed by atoms with Gasteiger partial charge in [-0.1, -0.05) is 11.3 Å². The number of nitrogens with zero attached hydrogens (tertiary/aromatic N) is 2. The van der Waals surface area contributed by atoms with Crippen molar-refractivity contribution in [3.63, 3.8) is 0 Å². The Morgan fingerprint density at radius 3 is 2.81 bits per heavy atom. The van der Waals surface area contributed by atoms with Gasteiger partial charge in [0.15, 0.2) is 5.13 Å². The van der Waals surface area contributed by atoms with Crippen LogP contribution < -0.4 is 10.1 Å². The summed E-state index contributed by atoms with van der Waals surface area (Å²) in [7, 11) is -0.464. The topological polar surface area (TPSA) is 88.6 Å². The molecule has 1 aromatic heterocycles. The zero-order valence-corrected chi connectivity index (χ0v) is 13.4. The fraction of sp³-hybridized carbons (Fsp3) is 0.333. The maximum absolute atomic E-state index is 11.8. The average molecular weight is 329 g/mol. The van der Waals surface area contributed by atoms with E-state index in [0.29, 0.717) is 10.9 Å². The summed E-state index contributed by atoms with van der Waals surface area (Å²) in [5, 5.41) is 3.01. The Balaban J connectivity index is 2.11. The van der Waals surface area contributed by atoms with Gasteiger partial charge in [0.1, 0.15) is 5.75 Å². The van der Waals surface area contributed by atoms with E-state index >= 15 is 0 Å². The van der Waals surface area contributed by atoms with Crippen molar-refractivity contribution in [1.82, 2.24) is 9.29 Å². The molecule has 2 rings (SSSR count). The molecule has 0 saturated heterocycles. The molecular weight excluding hydrogens is 314 g/mol. The second-order valence-corrected chi connectivity index (χ2v) is 7.54. The monoisotopic (exact) mass is 329 g/mol. The third-order valence-electron chi connectivity index (χ3n) is 2.77. The third-order valence-corrected chi connectivity index (χ3v) is 4.97. The number of nitrogens with one attached hydrogen (secondary N) is 1. The number of amides is 1. The molecule has 7 nitrogen and oxygen atoms in total. The first kappa shape index (κ1) is 15.7. The normalized spacial score (nSPS) is 11.8. The largest absolute Gasteiger partial charge is 0.497 e. The molecule has 1 heterocycles. The second-order valence-electron chi connectivity index (χ2n) is 4.42. The predicted molar refractivity (Wildman–Crippen MR) is 82.3 cm³/mol. The van der Waals surface area contributed by atoms with Crippen LogP contribution in [0.4, 0.5) is 5.13 Å². The van der Waals surface area contributed by atoms with Crippen LogP contribution in [0.15, 0.2) is 18.2 Å². The van der Waals surface area contributed by atoms with Gasteiger partial charge in [-0.15, -0.1) is 0 Å². The van der Waals surface area contributed by atoms with E-state index in [1.165, 1.54) is 18.4 Å². The number of sulfonamides is 1. The van der Waals surface area contributed by atoms with Gasteiger partial charge >= 0.3 is 0 Å². The van der Waals surface area contributed by atoms with E-state index in [4.69, 9.17) is 4.74 Å². The van der Waals surface area contributed by atoms with Crippen molar-refractivity contribution in [2.45, 2.75) is 0 Å². The number of carbonyl (C=O) groups excluding carboxylic acids is 1. The van der Waals surface area contributed by atoms with Crippen LogP contribution in [0.5, 0.6) is 5.75 Å². The molecule has 0 aliphatic heterocycles. The minimum absolute atomic E-state index is 0.252. The molecule has 0 saturated carbocycles. The van der Waals surface area contributed by atoms with E-state index in [-0.39, 0.29) is 6.54 Å². The number of fused-ring (bicyclic) bond motifs is 1. The molecule has 0 radical (unpaired) electrons. The quantitative estimate of drug-likeness (QED) is 0.888. The standard InChI is InChI=1S/C12H15N3O4S2/c1-15(21(3,17)18)7-11(16)14-12-13-9-5-4-8(19-2)6-10(9)20-12/h4-6H,7H2,1-3H3,(H,13,14,16). The van der Waals surface area contributed by atoms with Crippen LogP contribution in [0.25, 0.3) is 10.2 Å². The first-order chi connectivity index (χ1) is 9.79. The maximum atomic E-state index is 11.8. The Morgan fingerprint density at radius 1 is 1.48 bits per heavy atom. The third kappa shape index (κ3) is 3.90. The lowest BCUT2D eigenvalue weighted by Gasteiger charge is -2.12. The summed E-state index contributed by atoms with van der Waals surface area (Å²) in [5.74, 6) is 0.273. The summed E-state index contributed by atoms with van der Waals surface area (Å²) in [4.78, 5) is 16.1. The van der Waals surface area contributed by atoms with Gasteiger partial charge in [-0.2, -0.15) is 4.31 Å². The number of methoxy groups -OCH3 is 1. The van der Waals surface area contributed by atoms with E-state index in [0.717, 1.165) is 20.8 Å². The van der Waals surface area contributed by atoms with Crippen molar-refractivity contribution in [2.75, 3.05) is 32.3 Å². The molecule has 0 bridgehead atoms. The Kier molecular flexibility index (Phi) is 4.45. The Hall–Kier alpha value is -1.71. The van der Waals surface area contributed by atoms with Gasteiger partial charge in [0.2, 0.25) is 15.9 Å². The highest BCUT2D eigenvalue weighted by Gasteiger charge is 2.16. The van der Waals surface area contributed by atoms with E-state index in [1.54, 1.807) is 19.2 Å². The summed E-state index contributed by atoms with van der Waals surface area (Å²) in [6, 6.07) is 5.40. The number of hydrogen-bond donors (Lipinski definition) is 1. The summed E-state index contributed by atoms with van der Waals surface area (Å²) >= 11 is 1.30. The van der Waals surface area contributed by atoms with Crippen LogP contribution >= 0.6 is 11.3 Å². The minimum Gasteiger partial charge on any atom is -0.497 e. The zero-order chi connectivity index (χ0) is 15.6. The maximum Gasteiger partial charge on any atom is 0.241 e. The highest BCUT2D eigenvalue weighted by Crippen LogP contribution is 2.29. The molecule has 2 aromatic rings. The predicted octanol–water partition coefficient (Wildman–Crippen LogP) is 1.13. The number of thiazole rings is 1. The number of likely N-dealkylation sites (N-methyl/N-ethyl adjacent to an activating group) is 1. The molecule has 0 atom stereocenters. The Bertz CT molecular complexity index is 770. The molecule has 0 unspecified atom stereocenters. The second kappa shape index (κ2) is 5.96. The van der Waals surface area contributed by atoms with Gasteiger partial charge in [-0.25, -0.2) is 13.4 Å². The number of aromatic nitrogens is 1. The fourth-order valence-corrected chi connectivity index (χ4v) is 2.83. The minimum atomic E-state index is -3.38. The first-order valence-corrected chi connectivity index (χ1v) is 8.62. The molecule has 114 valence electrons. The first-order valence-electron chi connectivity index (χ1n) is 5.95. The molecule has 21 heavy (non-hydrogen) atoms. The van der Waals surface area contributed by atoms with Crippen LogP contribution in [-0.2, 0) is 14.8 Å². The number of anilines is 1. The van der Waals surface area contributed by atoms with E-state index in [9.17, 15) is 13.2 Å². The van der Waals surface area contributed by atoms with Crippen LogP contribution in [0.1, 0.15) is 0 Å². The van der Waals surface area contributed by atoms with Crippen molar-refractivity contribution >= 4 is 42.6 Å². The van der Waals surface area contributed by atoms with E-state index in [1.807, 2.05) is 6.07 Å². The number of ether oxygens (including phenoxy) is 1. The lowest BCUT2D eigenvalue weighted by atomic mass is 10.3. The summed E-state index contributed by atoms with van der Waals surface area (Å²) < 4.78 is 29.5. The highest BCUT2D eigenvalue weighted by atomic mass is 32.2. The zero-order valence-electron chi connectivity index (χ0n) is 11.8. The molecule has 0 fully saturated rings. The SMILES string of the molecule is COc1ccc2nc(NC(=O)CN(C)S(C)(=O)=O)sc2c1. The Morgan fingerprint density at radius 2 is 2.19 bits per heavy atom. The van der Waals surface area contributed by atoms with Gasteiger partial charge in [0.25, 0.3) is 0 Å². The number of rotatable bonds is 5. The molecule has 1 amide bonds. The summed E-state index contributed by atoms with van der Waals surface area (Å²) in [5.41, 5.74) is 0.743. The van der Waals surface area contributed by atoms with Gasteiger partial charge < -0.3 is 10.1 Å². The van der Waals surface area contributed by atoms with Crippen LogP contribution in [0, 0.1) is 0 Å². The van der Waals surface area contributed by atoms with Gasteiger partial charge in [0.05, 0.1) is 30.1 Å². The van der Waals surface area contributed by atoms with Gasteiger partial charge in [-0.05, 0) is 18.2 Å². The van der Waals surface area contributed by atoms with Crippen LogP contribution in [0.3, 0.4) is 0 Å². The lowest BCUT2D eigenvalue weighted by molar-refractivity contribution is -0.116. The molecule has 1 aromatic carbocycles. The van der Waals surface area contributed by atoms with Gasteiger partial charge in [0, 0.05) is 7.05 Å². The molecule has 0 aliphatic carbocycles. The molecule has 9 heteroatoms. The van der Waals surface area contributed by atoms with Gasteiger partial charge in [-0.3, -0.25) is 4.79 Å². The number of hydrogen-bond acceptors (Lipinski definition) is 6. The van der Waals surface area contributed by atoms with E-state index < -0.39 is 15.9 Å². The molecule has 0 spiro atoms. The average Bonchev–Trinajstić information content (AvgIpc) is 2.78. The van der Waals surface area contributed by atoms with Crippen molar-refractivity contribution in [3.8, 4) is 5.75 Å². The van der Waals surface area contributed by atoms with Crippen molar-refractivity contribution < 1.29 is 17.9 Å². The lowest BCUT2D eigenvalue weighted by Crippen LogP contribution is -2.34. The number of carbonyl (C=O) groups is 1. The summed E-state index contributed by atoms with van der Waals surface area (Å²) in [6.45, 7) is -0.252. The van der Waals surface area contributed by atoms with Crippen molar-refractivity contribution in [3.05, 3.63) is 18.2 Å². The molecule has 1 N–H and O–H groups in total. The van der Waals surface area contributed by atoms with Crippen LogP contribution in [-0.4, -0.2) is 50.6 Å². The van der Waals surface area contributed by atoms with Crippen molar-refractivity contribution in [2.24, 2.45) is 0 Å². The fourth-order valence-electron chi connectivity index (χ4n) is 1.56. The molecular formula is C12H15N3O4S2. The molecule has 0 aliphatic rings.